The molecule has 6 heteroatoms. The number of furan rings is 1. The van der Waals surface area contributed by atoms with Crippen LogP contribution in [0.1, 0.15) is 11.5 Å². The molecular weight excluding hydrogens is 312 g/mol. The van der Waals surface area contributed by atoms with E-state index in [1.54, 1.807) is 14.2 Å². The maximum absolute atomic E-state index is 5.57. The number of benzene rings is 1. The summed E-state index contributed by atoms with van der Waals surface area (Å²) in [6.07, 6.45) is 0. The van der Waals surface area contributed by atoms with Crippen molar-refractivity contribution in [3.63, 3.8) is 0 Å². The molecule has 0 radical (unpaired) electrons. The van der Waals surface area contributed by atoms with E-state index >= 15 is 0 Å². The SMILES string of the molecule is COc1ccc(Nc2nc(-c3cc(C)oc3C)cs2)c(OC)c1. The van der Waals surface area contributed by atoms with Crippen LogP contribution >= 0.6 is 11.3 Å². The highest BCUT2D eigenvalue weighted by Gasteiger charge is 2.12. The molecule has 0 saturated heterocycles. The Morgan fingerprint density at radius 1 is 1.13 bits per heavy atom. The summed E-state index contributed by atoms with van der Waals surface area (Å²) in [4.78, 5) is 4.63. The lowest BCUT2D eigenvalue weighted by molar-refractivity contribution is 0.395. The maximum atomic E-state index is 5.57. The number of nitrogens with one attached hydrogen (secondary N) is 1. The number of methoxy groups -OCH3 is 2. The Hall–Kier alpha value is -2.47. The molecule has 0 saturated carbocycles. The van der Waals surface area contributed by atoms with Gasteiger partial charge in [-0.1, -0.05) is 0 Å². The van der Waals surface area contributed by atoms with Crippen LogP contribution in [0.2, 0.25) is 0 Å². The van der Waals surface area contributed by atoms with Crippen LogP contribution in [0.5, 0.6) is 11.5 Å². The van der Waals surface area contributed by atoms with Gasteiger partial charge in [-0.3, -0.25) is 0 Å². The molecule has 2 heterocycles. The lowest BCUT2D eigenvalue weighted by Crippen LogP contribution is -1.95. The summed E-state index contributed by atoms with van der Waals surface area (Å²) in [5, 5.41) is 6.09. The second kappa shape index (κ2) is 6.34. The molecule has 5 nitrogen and oxygen atoms in total. The third-order valence-electron chi connectivity index (χ3n) is 3.47. The third kappa shape index (κ3) is 3.17. The van der Waals surface area contributed by atoms with Gasteiger partial charge in [0.15, 0.2) is 5.13 Å². The van der Waals surface area contributed by atoms with Crippen LogP contribution in [-0.2, 0) is 0 Å². The Morgan fingerprint density at radius 3 is 2.61 bits per heavy atom. The van der Waals surface area contributed by atoms with Gasteiger partial charge in [-0.05, 0) is 32.0 Å². The summed E-state index contributed by atoms with van der Waals surface area (Å²) < 4.78 is 16.2. The van der Waals surface area contributed by atoms with Gasteiger partial charge >= 0.3 is 0 Å². The second-order valence-electron chi connectivity index (χ2n) is 5.06. The van der Waals surface area contributed by atoms with Crippen molar-refractivity contribution in [1.29, 1.82) is 0 Å². The molecule has 0 amide bonds. The monoisotopic (exact) mass is 330 g/mol. The van der Waals surface area contributed by atoms with E-state index in [-0.39, 0.29) is 0 Å². The van der Waals surface area contributed by atoms with E-state index in [2.05, 4.69) is 10.3 Å². The smallest absolute Gasteiger partial charge is 0.187 e. The zero-order chi connectivity index (χ0) is 16.4. The number of hydrogen-bond acceptors (Lipinski definition) is 6. The molecule has 3 aromatic rings. The first-order valence-corrected chi connectivity index (χ1v) is 8.00. The van der Waals surface area contributed by atoms with E-state index in [1.165, 1.54) is 11.3 Å². The molecule has 0 aliphatic carbocycles. The highest BCUT2D eigenvalue weighted by molar-refractivity contribution is 7.14. The predicted octanol–water partition coefficient (Wildman–Crippen LogP) is 4.78. The Labute approximate surface area is 138 Å². The fraction of sp³-hybridized carbons (Fsp3) is 0.235. The molecule has 0 spiro atoms. The maximum Gasteiger partial charge on any atom is 0.187 e. The van der Waals surface area contributed by atoms with E-state index in [4.69, 9.17) is 13.9 Å². The Kier molecular flexibility index (Phi) is 4.25. The van der Waals surface area contributed by atoms with Gasteiger partial charge in [0.1, 0.15) is 23.0 Å². The zero-order valence-electron chi connectivity index (χ0n) is 13.5. The van der Waals surface area contributed by atoms with Crippen molar-refractivity contribution in [3.05, 3.63) is 41.2 Å². The number of hydrogen-bond donors (Lipinski definition) is 1. The van der Waals surface area contributed by atoms with Gasteiger partial charge in [0.25, 0.3) is 0 Å². The highest BCUT2D eigenvalue weighted by atomic mass is 32.1. The Balaban J connectivity index is 1.86. The minimum Gasteiger partial charge on any atom is -0.497 e. The van der Waals surface area contributed by atoms with E-state index in [1.807, 2.05) is 43.5 Å². The molecule has 0 aliphatic heterocycles. The quantitative estimate of drug-likeness (QED) is 0.729. The van der Waals surface area contributed by atoms with Crippen molar-refractivity contribution in [3.8, 4) is 22.8 Å². The van der Waals surface area contributed by atoms with Crippen LogP contribution in [0.3, 0.4) is 0 Å². The summed E-state index contributed by atoms with van der Waals surface area (Å²) in [6, 6.07) is 7.62. The first-order chi connectivity index (χ1) is 11.1. The highest BCUT2D eigenvalue weighted by Crippen LogP contribution is 2.34. The lowest BCUT2D eigenvalue weighted by atomic mass is 10.2. The van der Waals surface area contributed by atoms with Gasteiger partial charge in [-0.25, -0.2) is 4.98 Å². The Morgan fingerprint density at radius 2 is 1.96 bits per heavy atom. The van der Waals surface area contributed by atoms with Crippen LogP contribution in [0.25, 0.3) is 11.3 Å². The van der Waals surface area contributed by atoms with Crippen LogP contribution in [-0.4, -0.2) is 19.2 Å². The number of nitrogens with zero attached hydrogens (tertiary/aromatic N) is 1. The van der Waals surface area contributed by atoms with E-state index in [0.29, 0.717) is 5.75 Å². The number of ether oxygens (including phenoxy) is 2. The van der Waals surface area contributed by atoms with Gasteiger partial charge in [0.05, 0.1) is 25.6 Å². The molecule has 120 valence electrons. The molecule has 0 fully saturated rings. The van der Waals surface area contributed by atoms with Gasteiger partial charge in [-0.15, -0.1) is 11.3 Å². The lowest BCUT2D eigenvalue weighted by Gasteiger charge is -2.10. The second-order valence-corrected chi connectivity index (χ2v) is 5.91. The average molecular weight is 330 g/mol. The summed E-state index contributed by atoms with van der Waals surface area (Å²) in [7, 11) is 3.26. The van der Waals surface area contributed by atoms with Crippen LogP contribution in [0.15, 0.2) is 34.1 Å². The van der Waals surface area contributed by atoms with Gasteiger partial charge < -0.3 is 19.2 Å². The summed E-state index contributed by atoms with van der Waals surface area (Å²) in [5.41, 5.74) is 2.77. The van der Waals surface area contributed by atoms with Gasteiger partial charge in [0.2, 0.25) is 0 Å². The van der Waals surface area contributed by atoms with E-state index < -0.39 is 0 Å². The van der Waals surface area contributed by atoms with Crippen molar-refractivity contribution in [1.82, 2.24) is 4.98 Å². The van der Waals surface area contributed by atoms with Gasteiger partial charge in [0, 0.05) is 17.0 Å². The number of aryl methyl sites for hydroxylation is 2. The number of rotatable bonds is 5. The number of aromatic nitrogens is 1. The molecular formula is C17H18N2O3S. The minimum absolute atomic E-state index is 0.705. The summed E-state index contributed by atoms with van der Waals surface area (Å²) in [6.45, 7) is 3.88. The molecule has 0 atom stereocenters. The van der Waals surface area contributed by atoms with Crippen molar-refractivity contribution < 1.29 is 13.9 Å². The van der Waals surface area contributed by atoms with Crippen molar-refractivity contribution >= 4 is 22.2 Å². The third-order valence-corrected chi connectivity index (χ3v) is 4.23. The number of anilines is 2. The van der Waals surface area contributed by atoms with Crippen molar-refractivity contribution in [2.24, 2.45) is 0 Å². The predicted molar refractivity (Wildman–Crippen MR) is 92.1 cm³/mol. The number of thiazole rings is 1. The molecule has 23 heavy (non-hydrogen) atoms. The largest absolute Gasteiger partial charge is 0.497 e. The molecule has 1 aromatic carbocycles. The summed E-state index contributed by atoms with van der Waals surface area (Å²) >= 11 is 1.54. The molecule has 1 N–H and O–H groups in total. The fourth-order valence-electron chi connectivity index (χ4n) is 2.36. The van der Waals surface area contributed by atoms with Crippen LogP contribution in [0.4, 0.5) is 10.8 Å². The zero-order valence-corrected chi connectivity index (χ0v) is 14.3. The standard InChI is InChI=1S/C17H18N2O3S/c1-10-7-13(11(2)22-10)15-9-23-17(19-15)18-14-6-5-12(20-3)8-16(14)21-4/h5-9H,1-4H3,(H,18,19). The Bertz CT molecular complexity index is 823. The van der Waals surface area contributed by atoms with E-state index in [9.17, 15) is 0 Å². The summed E-state index contributed by atoms with van der Waals surface area (Å²) in [5.74, 6) is 3.21. The molecule has 0 aliphatic rings. The average Bonchev–Trinajstić information content (AvgIpc) is 3.13. The molecule has 3 rings (SSSR count). The van der Waals surface area contributed by atoms with Crippen LogP contribution < -0.4 is 14.8 Å². The topological polar surface area (TPSA) is 56.5 Å². The van der Waals surface area contributed by atoms with E-state index in [0.717, 1.165) is 39.3 Å². The van der Waals surface area contributed by atoms with Crippen molar-refractivity contribution in [2.45, 2.75) is 13.8 Å². The molecule has 2 aromatic heterocycles. The first-order valence-electron chi connectivity index (χ1n) is 7.12. The van der Waals surface area contributed by atoms with Gasteiger partial charge in [-0.2, -0.15) is 0 Å². The normalized spacial score (nSPS) is 10.6. The van der Waals surface area contributed by atoms with Crippen molar-refractivity contribution in [2.75, 3.05) is 19.5 Å². The van der Waals surface area contributed by atoms with Crippen LogP contribution in [0, 0.1) is 13.8 Å². The molecule has 0 unspecified atom stereocenters. The minimum atomic E-state index is 0.705. The first kappa shape index (κ1) is 15.4. The molecule has 0 bridgehead atoms. The fourth-order valence-corrected chi connectivity index (χ4v) is 3.08.